The lowest BCUT2D eigenvalue weighted by molar-refractivity contribution is 0.210. The van der Waals surface area contributed by atoms with Crippen LogP contribution >= 0.6 is 15.9 Å². The lowest BCUT2D eigenvalue weighted by Gasteiger charge is -2.13. The highest BCUT2D eigenvalue weighted by atomic mass is 79.9. The Morgan fingerprint density at radius 1 is 0.964 bits per heavy atom. The van der Waals surface area contributed by atoms with Crippen LogP contribution in [-0.2, 0) is 0 Å². The quantitative estimate of drug-likeness (QED) is 0.279. The number of halogens is 1. The van der Waals surface area contributed by atoms with Crippen LogP contribution in [0, 0.1) is 5.41 Å². The average Bonchev–Trinajstić information content (AvgIpc) is 3.20. The van der Waals surface area contributed by atoms with Crippen LogP contribution in [0.3, 0.4) is 0 Å². The van der Waals surface area contributed by atoms with Gasteiger partial charge in [0.25, 0.3) is 0 Å². The molecule has 1 aliphatic rings. The number of nitrogen functional groups attached to an aromatic ring is 1. The number of hydrogen-bond acceptors (Lipinski definition) is 2. The molecule has 1 fully saturated rings. The molecule has 0 bridgehead atoms. The predicted molar refractivity (Wildman–Crippen MR) is 121 cm³/mol. The molecule has 4 rings (SSSR count). The van der Waals surface area contributed by atoms with Crippen molar-refractivity contribution >= 4 is 43.1 Å². The van der Waals surface area contributed by atoms with Gasteiger partial charge in [0.2, 0.25) is 0 Å². The molecule has 0 atom stereocenters. The van der Waals surface area contributed by atoms with Gasteiger partial charge in [-0.25, -0.2) is 0 Å². The first kappa shape index (κ1) is 18.8. The molecular weight excluding hydrogens is 412 g/mol. The van der Waals surface area contributed by atoms with E-state index < -0.39 is 0 Å². The van der Waals surface area contributed by atoms with Crippen LogP contribution in [0.15, 0.2) is 60.7 Å². The smallest absolute Gasteiger partial charge is 0.122 e. The van der Waals surface area contributed by atoms with Crippen molar-refractivity contribution in [2.24, 2.45) is 5.73 Å². The van der Waals surface area contributed by atoms with Crippen molar-refractivity contribution in [2.75, 3.05) is 0 Å². The second-order valence-electron chi connectivity index (χ2n) is 7.28. The number of nitrogens with two attached hydrogens (primary N) is 1. The molecule has 3 aromatic rings. The average molecular weight is 435 g/mol. The molecule has 0 heterocycles. The molecule has 3 nitrogen and oxygen atoms in total. The maximum Gasteiger partial charge on any atom is 0.122 e. The van der Waals surface area contributed by atoms with Gasteiger partial charge in [-0.2, -0.15) is 0 Å². The molecule has 0 aliphatic heterocycles. The Bertz CT molecular complexity index is 1050. The highest BCUT2D eigenvalue weighted by Gasteiger charge is 2.16. The zero-order valence-electron chi connectivity index (χ0n) is 15.6. The van der Waals surface area contributed by atoms with Gasteiger partial charge >= 0.3 is 0 Å². The van der Waals surface area contributed by atoms with Gasteiger partial charge in [-0.05, 0) is 77.9 Å². The molecule has 0 saturated heterocycles. The molecule has 0 spiro atoms. The Morgan fingerprint density at radius 2 is 1.71 bits per heavy atom. The van der Waals surface area contributed by atoms with Crippen molar-refractivity contribution < 1.29 is 4.74 Å². The van der Waals surface area contributed by atoms with E-state index >= 15 is 0 Å². The standard InChI is InChI=1S/C24H23BrN2O/c25-23(19-4-3-7-22(15-19)28-21-5-1-2-6-21)13-16-8-9-18-14-20(24(26)27)11-10-17(18)12-16/h3-4,7-15,21H,1-2,5-6H2,(H3,26,27)/b23-13+. The summed E-state index contributed by atoms with van der Waals surface area (Å²) in [5.41, 5.74) is 8.54. The molecule has 142 valence electrons. The number of rotatable bonds is 5. The lowest BCUT2D eigenvalue weighted by atomic mass is 10.0. The first-order valence-electron chi connectivity index (χ1n) is 9.61. The van der Waals surface area contributed by atoms with E-state index in [1.807, 2.05) is 30.3 Å². The number of amidine groups is 1. The second kappa shape index (κ2) is 8.19. The molecule has 1 aliphatic carbocycles. The molecule has 0 radical (unpaired) electrons. The third-order valence-electron chi connectivity index (χ3n) is 5.18. The predicted octanol–water partition coefficient (Wildman–Crippen LogP) is 6.34. The summed E-state index contributed by atoms with van der Waals surface area (Å²) in [5.74, 6) is 1.03. The zero-order valence-corrected chi connectivity index (χ0v) is 17.2. The van der Waals surface area contributed by atoms with E-state index in [0.29, 0.717) is 6.10 Å². The van der Waals surface area contributed by atoms with Gasteiger partial charge in [-0.3, -0.25) is 5.41 Å². The maximum absolute atomic E-state index is 7.58. The minimum absolute atomic E-state index is 0.0910. The Kier molecular flexibility index (Phi) is 5.49. The normalized spacial score (nSPS) is 15.1. The van der Waals surface area contributed by atoms with Crippen molar-refractivity contribution in [1.29, 1.82) is 5.41 Å². The molecule has 0 amide bonds. The summed E-state index contributed by atoms with van der Waals surface area (Å²) in [5, 5.41) is 9.78. The highest BCUT2D eigenvalue weighted by Crippen LogP contribution is 2.30. The third-order valence-corrected chi connectivity index (χ3v) is 5.87. The number of ether oxygens (including phenoxy) is 1. The summed E-state index contributed by atoms with van der Waals surface area (Å²) >= 11 is 3.73. The van der Waals surface area contributed by atoms with E-state index in [9.17, 15) is 0 Å². The Hall–Kier alpha value is -2.59. The molecule has 0 aromatic heterocycles. The van der Waals surface area contributed by atoms with Crippen LogP contribution in [0.4, 0.5) is 0 Å². The van der Waals surface area contributed by atoms with Crippen molar-refractivity contribution in [3.05, 3.63) is 77.4 Å². The van der Waals surface area contributed by atoms with E-state index in [1.165, 1.54) is 12.8 Å². The number of benzene rings is 3. The molecule has 28 heavy (non-hydrogen) atoms. The van der Waals surface area contributed by atoms with Gasteiger partial charge in [0.05, 0.1) is 6.10 Å². The van der Waals surface area contributed by atoms with Crippen molar-refractivity contribution in [1.82, 2.24) is 0 Å². The summed E-state index contributed by atoms with van der Waals surface area (Å²) in [4.78, 5) is 0. The number of nitrogens with one attached hydrogen (secondary N) is 1. The van der Waals surface area contributed by atoms with Crippen LogP contribution in [0.25, 0.3) is 21.3 Å². The van der Waals surface area contributed by atoms with Gasteiger partial charge in [-0.1, -0.05) is 52.3 Å². The molecule has 3 N–H and O–H groups in total. The summed E-state index contributed by atoms with van der Waals surface area (Å²) < 4.78 is 7.15. The van der Waals surface area contributed by atoms with Crippen molar-refractivity contribution in [3.63, 3.8) is 0 Å². The van der Waals surface area contributed by atoms with E-state index in [0.717, 1.165) is 50.5 Å². The van der Waals surface area contributed by atoms with Gasteiger partial charge in [0.15, 0.2) is 0 Å². The summed E-state index contributed by atoms with van der Waals surface area (Å²) in [6.07, 6.45) is 7.33. The van der Waals surface area contributed by atoms with Crippen LogP contribution in [0.1, 0.15) is 42.4 Å². The fraction of sp³-hybridized carbons (Fsp3) is 0.208. The van der Waals surface area contributed by atoms with Crippen molar-refractivity contribution in [3.8, 4) is 5.75 Å². The highest BCUT2D eigenvalue weighted by molar-refractivity contribution is 9.15. The Labute approximate surface area is 173 Å². The van der Waals surface area contributed by atoms with Crippen molar-refractivity contribution in [2.45, 2.75) is 31.8 Å². The summed E-state index contributed by atoms with van der Waals surface area (Å²) in [6.45, 7) is 0. The summed E-state index contributed by atoms with van der Waals surface area (Å²) in [6, 6.07) is 20.4. The molecule has 1 saturated carbocycles. The van der Waals surface area contributed by atoms with Gasteiger partial charge in [-0.15, -0.1) is 0 Å². The van der Waals surface area contributed by atoms with E-state index in [4.69, 9.17) is 15.9 Å². The van der Waals surface area contributed by atoms with E-state index in [-0.39, 0.29) is 5.84 Å². The molecular formula is C24H23BrN2O. The maximum atomic E-state index is 7.58. The fourth-order valence-electron chi connectivity index (χ4n) is 3.67. The summed E-state index contributed by atoms with van der Waals surface area (Å²) in [7, 11) is 0. The first-order chi connectivity index (χ1) is 13.6. The zero-order chi connectivity index (χ0) is 19.5. The van der Waals surface area contributed by atoms with Crippen LogP contribution in [0.5, 0.6) is 5.75 Å². The first-order valence-corrected chi connectivity index (χ1v) is 10.4. The van der Waals surface area contributed by atoms with Crippen LogP contribution in [-0.4, -0.2) is 11.9 Å². The largest absolute Gasteiger partial charge is 0.490 e. The molecule has 0 unspecified atom stereocenters. The lowest BCUT2D eigenvalue weighted by Crippen LogP contribution is -2.10. The fourth-order valence-corrected chi connectivity index (χ4v) is 4.18. The molecule has 4 heteroatoms. The third kappa shape index (κ3) is 4.28. The topological polar surface area (TPSA) is 59.1 Å². The van der Waals surface area contributed by atoms with E-state index in [1.54, 1.807) is 0 Å². The minimum Gasteiger partial charge on any atom is -0.490 e. The van der Waals surface area contributed by atoms with Gasteiger partial charge in [0.1, 0.15) is 11.6 Å². The van der Waals surface area contributed by atoms with Gasteiger partial charge < -0.3 is 10.5 Å². The number of hydrogen-bond donors (Lipinski definition) is 2. The Balaban J connectivity index is 1.57. The van der Waals surface area contributed by atoms with Crippen LogP contribution in [0.2, 0.25) is 0 Å². The van der Waals surface area contributed by atoms with E-state index in [2.05, 4.69) is 52.3 Å². The SMILES string of the molecule is N=C(N)c1ccc2cc(/C=C(/Br)c3cccc(OC4CCCC4)c3)ccc2c1. The minimum atomic E-state index is 0.0910. The van der Waals surface area contributed by atoms with Gasteiger partial charge in [0, 0.05) is 10.0 Å². The molecule has 3 aromatic carbocycles. The number of fused-ring (bicyclic) bond motifs is 1. The second-order valence-corrected chi connectivity index (χ2v) is 8.13. The monoisotopic (exact) mass is 434 g/mol. The Morgan fingerprint density at radius 3 is 2.50 bits per heavy atom. The van der Waals surface area contributed by atoms with Crippen LogP contribution < -0.4 is 10.5 Å².